The number of hydrogen-bond donors (Lipinski definition) is 0. The van der Waals surface area contributed by atoms with Crippen LogP contribution in [0.15, 0.2) is 18.2 Å². The van der Waals surface area contributed by atoms with Gasteiger partial charge in [-0.3, -0.25) is 4.79 Å². The molecule has 2 nitrogen and oxygen atoms in total. The highest BCUT2D eigenvalue weighted by Crippen LogP contribution is 2.21. The molecule has 0 unspecified atom stereocenters. The minimum atomic E-state index is 0.692. The predicted octanol–water partition coefficient (Wildman–Crippen LogP) is 3.28. The van der Waals surface area contributed by atoms with Crippen LogP contribution < -0.4 is 4.74 Å². The van der Waals surface area contributed by atoms with E-state index in [1.807, 2.05) is 12.1 Å². The van der Waals surface area contributed by atoms with Gasteiger partial charge in [-0.1, -0.05) is 13.3 Å². The molecule has 14 heavy (non-hydrogen) atoms. The van der Waals surface area contributed by atoms with Crippen molar-refractivity contribution in [1.82, 2.24) is 0 Å². The third kappa shape index (κ3) is 3.29. The normalized spacial score (nSPS) is 9.86. The first-order valence-electron chi connectivity index (χ1n) is 4.65. The Hall–Kier alpha value is -0.580. The van der Waals surface area contributed by atoms with Crippen molar-refractivity contribution in [3.8, 4) is 5.75 Å². The molecular formula is C11H13IO2. The van der Waals surface area contributed by atoms with E-state index in [0.717, 1.165) is 35.1 Å². The fourth-order valence-corrected chi connectivity index (χ4v) is 1.73. The second-order valence-electron chi connectivity index (χ2n) is 3.01. The van der Waals surface area contributed by atoms with E-state index in [9.17, 15) is 4.79 Å². The molecule has 76 valence electrons. The third-order valence-electron chi connectivity index (χ3n) is 1.85. The molecule has 0 N–H and O–H groups in total. The van der Waals surface area contributed by atoms with Crippen molar-refractivity contribution in [3.63, 3.8) is 0 Å². The lowest BCUT2D eigenvalue weighted by molar-refractivity contribution is 0.112. The van der Waals surface area contributed by atoms with Crippen LogP contribution in [0.3, 0.4) is 0 Å². The van der Waals surface area contributed by atoms with Crippen LogP contribution in [0.5, 0.6) is 5.75 Å². The Bertz CT molecular complexity index is 310. The predicted molar refractivity (Wildman–Crippen MR) is 64.9 cm³/mol. The van der Waals surface area contributed by atoms with Crippen LogP contribution in [0.1, 0.15) is 30.1 Å². The van der Waals surface area contributed by atoms with Gasteiger partial charge < -0.3 is 4.74 Å². The average Bonchev–Trinajstić information content (AvgIpc) is 2.20. The molecule has 0 aliphatic heterocycles. The van der Waals surface area contributed by atoms with Gasteiger partial charge in [0.2, 0.25) is 0 Å². The molecule has 1 rings (SSSR count). The van der Waals surface area contributed by atoms with E-state index in [2.05, 4.69) is 29.5 Å². The van der Waals surface area contributed by atoms with Gasteiger partial charge in [-0.2, -0.15) is 0 Å². The third-order valence-corrected chi connectivity index (χ3v) is 2.69. The number of halogens is 1. The quantitative estimate of drug-likeness (QED) is 0.474. The summed E-state index contributed by atoms with van der Waals surface area (Å²) in [6.07, 6.45) is 3.03. The highest BCUT2D eigenvalue weighted by molar-refractivity contribution is 14.1. The lowest BCUT2D eigenvalue weighted by atomic mass is 10.2. The van der Waals surface area contributed by atoms with E-state index in [-0.39, 0.29) is 0 Å². The fraction of sp³-hybridized carbons (Fsp3) is 0.364. The van der Waals surface area contributed by atoms with Crippen molar-refractivity contribution >= 4 is 28.9 Å². The molecule has 3 heteroatoms. The number of rotatable bonds is 5. The standard InChI is InChI=1S/C11H13IO2/c1-2-3-6-14-11-5-4-9(8-13)7-10(11)12/h4-5,7-8H,2-3,6H2,1H3. The van der Waals surface area contributed by atoms with Gasteiger partial charge in [-0.15, -0.1) is 0 Å². The summed E-state index contributed by atoms with van der Waals surface area (Å²) in [7, 11) is 0. The highest BCUT2D eigenvalue weighted by Gasteiger charge is 2.01. The van der Waals surface area contributed by atoms with Gasteiger partial charge in [-0.05, 0) is 47.2 Å². The zero-order valence-electron chi connectivity index (χ0n) is 8.13. The maximum Gasteiger partial charge on any atom is 0.150 e. The molecule has 0 bridgehead atoms. The van der Waals surface area contributed by atoms with E-state index in [1.165, 1.54) is 0 Å². The summed E-state index contributed by atoms with van der Waals surface area (Å²) in [6.45, 7) is 2.87. The van der Waals surface area contributed by atoms with Gasteiger partial charge in [0.1, 0.15) is 12.0 Å². The van der Waals surface area contributed by atoms with E-state index in [4.69, 9.17) is 4.74 Å². The molecule has 0 saturated heterocycles. The zero-order valence-corrected chi connectivity index (χ0v) is 10.3. The molecule has 1 aromatic rings. The van der Waals surface area contributed by atoms with Crippen LogP contribution in [-0.2, 0) is 0 Å². The molecule has 0 aliphatic rings. The van der Waals surface area contributed by atoms with Crippen LogP contribution in [0.25, 0.3) is 0 Å². The van der Waals surface area contributed by atoms with Crippen molar-refractivity contribution in [2.75, 3.05) is 6.61 Å². The summed E-state index contributed by atoms with van der Waals surface area (Å²) in [5.74, 6) is 0.865. The van der Waals surface area contributed by atoms with E-state index in [1.54, 1.807) is 6.07 Å². The second-order valence-corrected chi connectivity index (χ2v) is 4.17. The van der Waals surface area contributed by atoms with Crippen LogP contribution in [0, 0.1) is 3.57 Å². The number of carbonyl (C=O) groups is 1. The number of ether oxygens (including phenoxy) is 1. The molecule has 0 spiro atoms. The highest BCUT2D eigenvalue weighted by atomic mass is 127. The van der Waals surface area contributed by atoms with E-state index in [0.29, 0.717) is 5.56 Å². The Morgan fingerprint density at radius 1 is 1.50 bits per heavy atom. The summed E-state index contributed by atoms with van der Waals surface area (Å²) in [5, 5.41) is 0. The van der Waals surface area contributed by atoms with Gasteiger partial charge in [0.25, 0.3) is 0 Å². The SMILES string of the molecule is CCCCOc1ccc(C=O)cc1I. The van der Waals surface area contributed by atoms with Crippen LogP contribution >= 0.6 is 22.6 Å². The molecular weight excluding hydrogens is 291 g/mol. The van der Waals surface area contributed by atoms with Gasteiger partial charge in [0, 0.05) is 5.56 Å². The average molecular weight is 304 g/mol. The first kappa shape index (κ1) is 11.5. The number of unbranched alkanes of at least 4 members (excludes halogenated alkanes) is 1. The minimum Gasteiger partial charge on any atom is -0.492 e. The largest absolute Gasteiger partial charge is 0.492 e. The molecule has 0 heterocycles. The molecule has 0 radical (unpaired) electrons. The Balaban J connectivity index is 2.64. The van der Waals surface area contributed by atoms with Crippen molar-refractivity contribution < 1.29 is 9.53 Å². The molecule has 1 aromatic carbocycles. The van der Waals surface area contributed by atoms with Crippen molar-refractivity contribution in [1.29, 1.82) is 0 Å². The number of benzene rings is 1. The van der Waals surface area contributed by atoms with E-state index >= 15 is 0 Å². The first-order chi connectivity index (χ1) is 6.77. The summed E-state index contributed by atoms with van der Waals surface area (Å²) in [6, 6.07) is 5.45. The van der Waals surface area contributed by atoms with Gasteiger partial charge in [0.05, 0.1) is 10.2 Å². The van der Waals surface area contributed by atoms with Crippen molar-refractivity contribution in [3.05, 3.63) is 27.3 Å². The first-order valence-corrected chi connectivity index (χ1v) is 5.73. The smallest absolute Gasteiger partial charge is 0.150 e. The lowest BCUT2D eigenvalue weighted by Gasteiger charge is -2.07. The van der Waals surface area contributed by atoms with E-state index < -0.39 is 0 Å². The Labute approximate surface area is 97.8 Å². The van der Waals surface area contributed by atoms with Crippen molar-refractivity contribution in [2.45, 2.75) is 19.8 Å². The molecule has 0 atom stereocenters. The topological polar surface area (TPSA) is 26.3 Å². The van der Waals surface area contributed by atoms with Crippen LogP contribution in [0.2, 0.25) is 0 Å². The van der Waals surface area contributed by atoms with Crippen molar-refractivity contribution in [2.24, 2.45) is 0 Å². The summed E-state index contributed by atoms with van der Waals surface area (Å²) in [4.78, 5) is 10.5. The van der Waals surface area contributed by atoms with Gasteiger partial charge in [0.15, 0.2) is 0 Å². The maximum absolute atomic E-state index is 10.5. The monoisotopic (exact) mass is 304 g/mol. The Morgan fingerprint density at radius 2 is 2.29 bits per heavy atom. The van der Waals surface area contributed by atoms with Gasteiger partial charge in [-0.25, -0.2) is 0 Å². The molecule has 0 aromatic heterocycles. The summed E-state index contributed by atoms with van der Waals surface area (Å²) in [5.41, 5.74) is 0.692. The molecule has 0 aliphatic carbocycles. The molecule has 0 amide bonds. The minimum absolute atomic E-state index is 0.692. The Morgan fingerprint density at radius 3 is 2.86 bits per heavy atom. The lowest BCUT2D eigenvalue weighted by Crippen LogP contribution is -1.98. The zero-order chi connectivity index (χ0) is 10.4. The Kier molecular flexibility index (Phi) is 4.93. The summed E-state index contributed by atoms with van der Waals surface area (Å²) < 4.78 is 6.54. The summed E-state index contributed by atoms with van der Waals surface area (Å²) >= 11 is 2.18. The van der Waals surface area contributed by atoms with Gasteiger partial charge >= 0.3 is 0 Å². The van der Waals surface area contributed by atoms with Crippen LogP contribution in [-0.4, -0.2) is 12.9 Å². The van der Waals surface area contributed by atoms with Crippen LogP contribution in [0.4, 0.5) is 0 Å². The fourth-order valence-electron chi connectivity index (χ4n) is 1.03. The number of carbonyl (C=O) groups excluding carboxylic acids is 1. The molecule has 0 fully saturated rings. The second kappa shape index (κ2) is 6.01. The number of hydrogen-bond acceptors (Lipinski definition) is 2. The number of aldehydes is 1. The molecule has 0 saturated carbocycles. The maximum atomic E-state index is 10.5.